The highest BCUT2D eigenvalue weighted by atomic mass is 35.5. The lowest BCUT2D eigenvalue weighted by Crippen LogP contribution is -2.37. The predicted molar refractivity (Wildman–Crippen MR) is 107 cm³/mol. The van der Waals surface area contributed by atoms with Gasteiger partial charge in [-0.05, 0) is 49.2 Å². The van der Waals surface area contributed by atoms with Crippen LogP contribution < -0.4 is 15.4 Å². The molecule has 1 amide bonds. The number of nitrogens with one attached hydrogen (secondary N) is 2. The van der Waals surface area contributed by atoms with Crippen LogP contribution >= 0.6 is 11.6 Å². The van der Waals surface area contributed by atoms with Crippen molar-refractivity contribution in [3.63, 3.8) is 0 Å². The molecule has 2 N–H and O–H groups in total. The second kappa shape index (κ2) is 9.67. The Morgan fingerprint density at radius 2 is 2.10 bits per heavy atom. The highest BCUT2D eigenvalue weighted by molar-refractivity contribution is 6.31. The van der Waals surface area contributed by atoms with E-state index in [9.17, 15) is 13.6 Å². The molecule has 3 rings (SSSR count). The minimum absolute atomic E-state index is 0.0476. The number of carbonyl (C=O) groups is 1. The molecule has 0 aromatic heterocycles. The second-order valence-electron chi connectivity index (χ2n) is 6.38. The molecule has 0 saturated carbocycles. The van der Waals surface area contributed by atoms with Crippen LogP contribution in [0.25, 0.3) is 0 Å². The third kappa shape index (κ3) is 5.65. The topological polar surface area (TPSA) is 71.9 Å². The average Bonchev–Trinajstić information content (AvgIpc) is 3.22. The summed E-state index contributed by atoms with van der Waals surface area (Å²) >= 11 is 6.05. The van der Waals surface area contributed by atoms with Gasteiger partial charge in [-0.25, -0.2) is 13.8 Å². The zero-order valence-electron chi connectivity index (χ0n) is 15.7. The van der Waals surface area contributed by atoms with Gasteiger partial charge in [-0.1, -0.05) is 11.6 Å². The van der Waals surface area contributed by atoms with Crippen molar-refractivity contribution in [2.24, 2.45) is 4.99 Å². The molecule has 0 radical (unpaired) electrons. The quantitative estimate of drug-likeness (QED) is 0.563. The van der Waals surface area contributed by atoms with E-state index in [1.54, 1.807) is 18.2 Å². The van der Waals surface area contributed by atoms with E-state index in [-0.39, 0.29) is 17.6 Å². The number of guanidine groups is 1. The first-order valence-electron chi connectivity index (χ1n) is 8.99. The lowest BCUT2D eigenvalue weighted by atomic mass is 10.2. The van der Waals surface area contributed by atoms with Gasteiger partial charge in [0.05, 0.1) is 25.4 Å². The van der Waals surface area contributed by atoms with E-state index >= 15 is 0 Å². The first-order valence-corrected chi connectivity index (χ1v) is 9.37. The molecule has 1 saturated heterocycles. The fourth-order valence-electron chi connectivity index (χ4n) is 2.81. The van der Waals surface area contributed by atoms with Gasteiger partial charge in [-0.15, -0.1) is 0 Å². The van der Waals surface area contributed by atoms with Gasteiger partial charge < -0.3 is 14.8 Å². The number of nitrogens with zero attached hydrogens (tertiary/aromatic N) is 1. The van der Waals surface area contributed by atoms with Gasteiger partial charge in [0, 0.05) is 17.2 Å². The number of rotatable bonds is 5. The van der Waals surface area contributed by atoms with Crippen molar-refractivity contribution in [2.75, 3.05) is 25.6 Å². The van der Waals surface area contributed by atoms with Crippen molar-refractivity contribution in [1.82, 2.24) is 5.32 Å². The highest BCUT2D eigenvalue weighted by Crippen LogP contribution is 2.27. The minimum Gasteiger partial charge on any atom is -0.495 e. The van der Waals surface area contributed by atoms with Crippen LogP contribution in [-0.4, -0.2) is 38.2 Å². The summed E-state index contributed by atoms with van der Waals surface area (Å²) in [6.45, 7) is 0.996. The Balaban J connectivity index is 1.82. The molecule has 0 spiro atoms. The van der Waals surface area contributed by atoms with Crippen molar-refractivity contribution in [3.8, 4) is 5.75 Å². The molecule has 2 aromatic rings. The Bertz CT molecular complexity index is 918. The average molecular weight is 424 g/mol. The second-order valence-corrected chi connectivity index (χ2v) is 6.81. The Kier molecular flexibility index (Phi) is 7.00. The maximum absolute atomic E-state index is 13.5. The smallest absolute Gasteiger partial charge is 0.258 e. The van der Waals surface area contributed by atoms with Crippen LogP contribution in [0.5, 0.6) is 5.75 Å². The molecule has 1 heterocycles. The van der Waals surface area contributed by atoms with Gasteiger partial charge in [0.15, 0.2) is 11.6 Å². The zero-order valence-corrected chi connectivity index (χ0v) is 16.4. The van der Waals surface area contributed by atoms with Gasteiger partial charge in [-0.2, -0.15) is 0 Å². The number of halogens is 3. The van der Waals surface area contributed by atoms with Crippen LogP contribution in [0.4, 0.5) is 14.5 Å². The molecule has 1 fully saturated rings. The van der Waals surface area contributed by atoms with E-state index in [1.165, 1.54) is 13.2 Å². The van der Waals surface area contributed by atoms with Gasteiger partial charge in [0.25, 0.3) is 5.91 Å². The molecule has 1 aliphatic rings. The van der Waals surface area contributed by atoms with Crippen molar-refractivity contribution >= 4 is 29.2 Å². The molecule has 2 aromatic carbocycles. The number of amides is 1. The SMILES string of the molecule is COc1ccc(Cl)cc1NC(=NC[C@H]1CCCO1)NC(=O)c1ccc(F)c(F)c1. The number of carbonyl (C=O) groups excluding carboxylic acids is 1. The number of ether oxygens (including phenoxy) is 2. The lowest BCUT2D eigenvalue weighted by Gasteiger charge is -2.15. The monoisotopic (exact) mass is 423 g/mol. The largest absolute Gasteiger partial charge is 0.495 e. The van der Waals surface area contributed by atoms with Crippen molar-refractivity contribution in [2.45, 2.75) is 18.9 Å². The fraction of sp³-hybridized carbons (Fsp3) is 0.300. The molecule has 1 aliphatic heterocycles. The van der Waals surface area contributed by atoms with E-state index in [0.717, 1.165) is 25.0 Å². The van der Waals surface area contributed by atoms with Crippen LogP contribution in [0.2, 0.25) is 5.02 Å². The molecule has 154 valence electrons. The van der Waals surface area contributed by atoms with E-state index in [0.29, 0.717) is 29.6 Å². The summed E-state index contributed by atoms with van der Waals surface area (Å²) in [5.41, 5.74) is 0.435. The number of anilines is 1. The fourth-order valence-corrected chi connectivity index (χ4v) is 2.99. The van der Waals surface area contributed by atoms with Crippen molar-refractivity contribution in [1.29, 1.82) is 0 Å². The van der Waals surface area contributed by atoms with E-state index < -0.39 is 17.5 Å². The van der Waals surface area contributed by atoms with Gasteiger partial charge in [0.1, 0.15) is 5.75 Å². The number of hydrogen-bond donors (Lipinski definition) is 2. The van der Waals surface area contributed by atoms with Crippen molar-refractivity contribution < 1.29 is 23.0 Å². The zero-order chi connectivity index (χ0) is 20.8. The molecule has 9 heteroatoms. The van der Waals surface area contributed by atoms with Gasteiger partial charge >= 0.3 is 0 Å². The summed E-state index contributed by atoms with van der Waals surface area (Å²) in [5, 5.41) is 6.01. The molecule has 1 atom stereocenters. The molecule has 6 nitrogen and oxygen atoms in total. The maximum atomic E-state index is 13.5. The summed E-state index contributed by atoms with van der Waals surface area (Å²) in [7, 11) is 1.50. The Labute approximate surface area is 171 Å². The Hall–Kier alpha value is -2.71. The Morgan fingerprint density at radius 3 is 2.79 bits per heavy atom. The van der Waals surface area contributed by atoms with Gasteiger partial charge in [0.2, 0.25) is 5.96 Å². The summed E-state index contributed by atoms with van der Waals surface area (Å²) in [6.07, 6.45) is 1.77. The van der Waals surface area contributed by atoms with E-state index in [2.05, 4.69) is 15.6 Å². The lowest BCUT2D eigenvalue weighted by molar-refractivity contribution is 0.0975. The Morgan fingerprint density at radius 1 is 1.28 bits per heavy atom. The summed E-state index contributed by atoms with van der Waals surface area (Å²) in [5.74, 6) is -2.20. The van der Waals surface area contributed by atoms with Crippen LogP contribution in [0.15, 0.2) is 41.4 Å². The number of aliphatic imine (C=N–C) groups is 1. The number of benzene rings is 2. The molecular formula is C20H20ClF2N3O3. The van der Waals surface area contributed by atoms with Crippen LogP contribution in [0.3, 0.4) is 0 Å². The molecule has 0 bridgehead atoms. The van der Waals surface area contributed by atoms with Crippen LogP contribution in [-0.2, 0) is 4.74 Å². The number of hydrogen-bond acceptors (Lipinski definition) is 4. The molecule has 29 heavy (non-hydrogen) atoms. The van der Waals surface area contributed by atoms with E-state index in [4.69, 9.17) is 21.1 Å². The van der Waals surface area contributed by atoms with Crippen LogP contribution in [0, 0.1) is 11.6 Å². The first-order chi connectivity index (χ1) is 14.0. The summed E-state index contributed by atoms with van der Waals surface area (Å²) < 4.78 is 37.5. The maximum Gasteiger partial charge on any atom is 0.258 e. The van der Waals surface area contributed by atoms with E-state index in [1.807, 2.05) is 0 Å². The molecule has 0 unspecified atom stereocenters. The number of methoxy groups -OCH3 is 1. The molecule has 0 aliphatic carbocycles. The third-order valence-electron chi connectivity index (χ3n) is 4.31. The third-order valence-corrected chi connectivity index (χ3v) is 4.54. The standard InChI is InChI=1S/C20H20ClF2N3O3/c1-28-18-7-5-13(21)10-17(18)25-20(24-11-14-3-2-8-29-14)26-19(27)12-4-6-15(22)16(23)9-12/h4-7,9-10,14H,2-3,8,11H2,1H3,(H2,24,25,26,27)/t14-/m1/s1. The predicted octanol–water partition coefficient (Wildman–Crippen LogP) is 4.00. The molecular weight excluding hydrogens is 404 g/mol. The minimum atomic E-state index is -1.11. The highest BCUT2D eigenvalue weighted by Gasteiger charge is 2.17. The van der Waals surface area contributed by atoms with Crippen molar-refractivity contribution in [3.05, 3.63) is 58.6 Å². The van der Waals surface area contributed by atoms with Gasteiger partial charge in [-0.3, -0.25) is 10.1 Å². The summed E-state index contributed by atoms with van der Waals surface area (Å²) in [6, 6.07) is 7.84. The van der Waals surface area contributed by atoms with Crippen LogP contribution in [0.1, 0.15) is 23.2 Å². The first kappa shape index (κ1) is 21.0. The normalized spacial score (nSPS) is 16.6. The summed E-state index contributed by atoms with van der Waals surface area (Å²) in [4.78, 5) is 16.9.